The first kappa shape index (κ1) is 14.6. The summed E-state index contributed by atoms with van der Waals surface area (Å²) in [5.74, 6) is 0.872. The fourth-order valence-electron chi connectivity index (χ4n) is 1.85. The lowest BCUT2D eigenvalue weighted by Crippen LogP contribution is -2.10. The summed E-state index contributed by atoms with van der Waals surface area (Å²) in [5.41, 5.74) is 6.22. The second-order valence-corrected chi connectivity index (χ2v) is 5.27. The largest absolute Gasteiger partial charge is 0.496 e. The van der Waals surface area contributed by atoms with Gasteiger partial charge in [0.15, 0.2) is 0 Å². The van der Waals surface area contributed by atoms with E-state index in [2.05, 4.69) is 26.5 Å². The van der Waals surface area contributed by atoms with E-state index in [-0.39, 0.29) is 0 Å². The molecular weight excluding hydrogens is 316 g/mol. The van der Waals surface area contributed by atoms with Gasteiger partial charge in [0.2, 0.25) is 0 Å². The van der Waals surface area contributed by atoms with Gasteiger partial charge in [0.25, 0.3) is 0 Å². The molecule has 0 fully saturated rings. The minimum Gasteiger partial charge on any atom is -0.496 e. The predicted octanol–water partition coefficient (Wildman–Crippen LogP) is 3.97. The zero-order valence-corrected chi connectivity index (χ0v) is 13.1. The van der Waals surface area contributed by atoms with Gasteiger partial charge in [0.1, 0.15) is 5.75 Å². The van der Waals surface area contributed by atoms with Crippen molar-refractivity contribution in [2.75, 3.05) is 7.11 Å². The summed E-state index contributed by atoms with van der Waals surface area (Å²) in [7, 11) is 1.68. The van der Waals surface area contributed by atoms with Gasteiger partial charge in [-0.05, 0) is 30.7 Å². The average molecular weight is 333 g/mol. The number of hydrogen-bond acceptors (Lipinski definition) is 3. The molecule has 0 aliphatic heterocycles. The quantitative estimate of drug-likeness (QED) is 0.663. The van der Waals surface area contributed by atoms with Crippen LogP contribution in [0.15, 0.2) is 58.1 Å². The van der Waals surface area contributed by atoms with E-state index in [9.17, 15) is 0 Å². The van der Waals surface area contributed by atoms with E-state index in [0.29, 0.717) is 6.54 Å². The number of nitrogens with one attached hydrogen (secondary N) is 1. The Morgan fingerprint density at radius 1 is 1.15 bits per heavy atom. The highest BCUT2D eigenvalue weighted by atomic mass is 79.9. The van der Waals surface area contributed by atoms with Crippen molar-refractivity contribution >= 4 is 21.6 Å². The molecule has 0 heterocycles. The first-order chi connectivity index (χ1) is 9.70. The summed E-state index contributed by atoms with van der Waals surface area (Å²) in [6.45, 7) is 2.62. The topological polar surface area (TPSA) is 33.6 Å². The summed E-state index contributed by atoms with van der Waals surface area (Å²) in [6, 6.07) is 16.0. The van der Waals surface area contributed by atoms with Crippen LogP contribution in [0.1, 0.15) is 18.1 Å². The Balaban J connectivity index is 2.00. The maximum Gasteiger partial charge on any atom is 0.123 e. The third-order valence-corrected chi connectivity index (χ3v) is 3.50. The number of hydrazone groups is 1. The molecule has 20 heavy (non-hydrogen) atoms. The van der Waals surface area contributed by atoms with Crippen molar-refractivity contribution in [1.82, 2.24) is 5.43 Å². The third-order valence-electron chi connectivity index (χ3n) is 2.97. The van der Waals surface area contributed by atoms with Crippen molar-refractivity contribution in [2.24, 2.45) is 5.10 Å². The van der Waals surface area contributed by atoms with Crippen LogP contribution < -0.4 is 10.2 Å². The molecule has 2 aromatic rings. The van der Waals surface area contributed by atoms with Gasteiger partial charge in [-0.1, -0.05) is 46.3 Å². The van der Waals surface area contributed by atoms with Gasteiger partial charge in [-0.2, -0.15) is 5.10 Å². The van der Waals surface area contributed by atoms with Gasteiger partial charge >= 0.3 is 0 Å². The molecule has 3 nitrogen and oxygen atoms in total. The van der Waals surface area contributed by atoms with Crippen molar-refractivity contribution in [3.8, 4) is 5.75 Å². The average Bonchev–Trinajstić information content (AvgIpc) is 2.48. The molecule has 0 spiro atoms. The number of ether oxygens (including phenoxy) is 1. The summed E-state index contributed by atoms with van der Waals surface area (Å²) < 4.78 is 6.37. The molecule has 2 aromatic carbocycles. The standard InChI is InChI=1S/C16H17BrN2O/c1-12(13-7-9-15(17)10-8-13)19-18-11-14-5-3-4-6-16(14)20-2/h3-10,18H,11H2,1-2H3/b19-12-. The number of halogens is 1. The Labute approximate surface area is 127 Å². The van der Waals surface area contributed by atoms with E-state index in [0.717, 1.165) is 27.1 Å². The minimum atomic E-state index is 0.637. The second kappa shape index (κ2) is 7.10. The molecule has 104 valence electrons. The normalized spacial score (nSPS) is 11.2. The van der Waals surface area contributed by atoms with Crippen LogP contribution in [0.4, 0.5) is 0 Å². The fourth-order valence-corrected chi connectivity index (χ4v) is 2.11. The number of benzene rings is 2. The van der Waals surface area contributed by atoms with Crippen LogP contribution in [-0.4, -0.2) is 12.8 Å². The van der Waals surface area contributed by atoms with Crippen LogP contribution in [-0.2, 0) is 6.54 Å². The van der Waals surface area contributed by atoms with Crippen molar-refractivity contribution in [3.05, 3.63) is 64.1 Å². The van der Waals surface area contributed by atoms with Gasteiger partial charge in [0, 0.05) is 10.0 Å². The number of nitrogens with zero attached hydrogens (tertiary/aromatic N) is 1. The highest BCUT2D eigenvalue weighted by Gasteiger charge is 2.01. The van der Waals surface area contributed by atoms with Gasteiger partial charge in [-0.15, -0.1) is 0 Å². The molecule has 0 aliphatic carbocycles. The smallest absolute Gasteiger partial charge is 0.123 e. The molecule has 0 bridgehead atoms. The van der Waals surface area contributed by atoms with E-state index in [1.807, 2.05) is 55.5 Å². The molecule has 0 atom stereocenters. The van der Waals surface area contributed by atoms with Crippen molar-refractivity contribution in [1.29, 1.82) is 0 Å². The van der Waals surface area contributed by atoms with Crippen LogP contribution >= 0.6 is 15.9 Å². The summed E-state index contributed by atoms with van der Waals surface area (Å²) >= 11 is 3.42. The lowest BCUT2D eigenvalue weighted by Gasteiger charge is -2.08. The Bertz CT molecular complexity index is 594. The van der Waals surface area contributed by atoms with E-state index < -0.39 is 0 Å². The molecule has 0 saturated carbocycles. The molecule has 4 heteroatoms. The maximum absolute atomic E-state index is 5.31. The lowest BCUT2D eigenvalue weighted by atomic mass is 10.1. The highest BCUT2D eigenvalue weighted by Crippen LogP contribution is 2.16. The van der Waals surface area contributed by atoms with Crippen LogP contribution in [0.5, 0.6) is 5.75 Å². The molecule has 0 amide bonds. The Morgan fingerprint density at radius 3 is 2.55 bits per heavy atom. The zero-order chi connectivity index (χ0) is 14.4. The molecule has 0 radical (unpaired) electrons. The lowest BCUT2D eigenvalue weighted by molar-refractivity contribution is 0.408. The zero-order valence-electron chi connectivity index (χ0n) is 11.6. The van der Waals surface area contributed by atoms with Gasteiger partial charge < -0.3 is 10.2 Å². The van der Waals surface area contributed by atoms with Crippen molar-refractivity contribution in [3.63, 3.8) is 0 Å². The maximum atomic E-state index is 5.31. The SMILES string of the molecule is COc1ccccc1CN/N=C(/C)c1ccc(Br)cc1. The van der Waals surface area contributed by atoms with Crippen molar-refractivity contribution in [2.45, 2.75) is 13.5 Å². The van der Waals surface area contributed by atoms with Crippen molar-refractivity contribution < 1.29 is 4.74 Å². The number of para-hydroxylation sites is 1. The number of hydrogen-bond donors (Lipinski definition) is 1. The fraction of sp³-hybridized carbons (Fsp3) is 0.188. The molecular formula is C16H17BrN2O. The molecule has 0 aromatic heterocycles. The van der Waals surface area contributed by atoms with E-state index in [4.69, 9.17) is 4.74 Å². The van der Waals surface area contributed by atoms with Crippen LogP contribution in [0.25, 0.3) is 0 Å². The molecule has 0 saturated heterocycles. The first-order valence-electron chi connectivity index (χ1n) is 6.35. The molecule has 2 rings (SSSR count). The van der Waals surface area contributed by atoms with E-state index in [1.54, 1.807) is 7.11 Å². The first-order valence-corrected chi connectivity index (χ1v) is 7.15. The number of rotatable bonds is 5. The molecule has 0 unspecified atom stereocenters. The summed E-state index contributed by atoms with van der Waals surface area (Å²) in [4.78, 5) is 0. The highest BCUT2D eigenvalue weighted by molar-refractivity contribution is 9.10. The van der Waals surface area contributed by atoms with Crippen LogP contribution in [0, 0.1) is 0 Å². The second-order valence-electron chi connectivity index (χ2n) is 4.35. The monoisotopic (exact) mass is 332 g/mol. The van der Waals surface area contributed by atoms with Crippen LogP contribution in [0.2, 0.25) is 0 Å². The minimum absolute atomic E-state index is 0.637. The molecule has 1 N–H and O–H groups in total. The molecule has 0 aliphatic rings. The number of methoxy groups -OCH3 is 1. The Morgan fingerprint density at radius 2 is 1.85 bits per heavy atom. The Hall–Kier alpha value is -1.81. The van der Waals surface area contributed by atoms with Crippen LogP contribution in [0.3, 0.4) is 0 Å². The summed E-state index contributed by atoms with van der Waals surface area (Å²) in [6.07, 6.45) is 0. The van der Waals surface area contributed by atoms with Gasteiger partial charge in [0.05, 0.1) is 19.4 Å². The van der Waals surface area contributed by atoms with Gasteiger partial charge in [-0.3, -0.25) is 0 Å². The predicted molar refractivity (Wildman–Crippen MR) is 86.2 cm³/mol. The third kappa shape index (κ3) is 3.84. The summed E-state index contributed by atoms with van der Waals surface area (Å²) in [5, 5.41) is 4.39. The Kier molecular flexibility index (Phi) is 5.18. The van der Waals surface area contributed by atoms with E-state index >= 15 is 0 Å². The van der Waals surface area contributed by atoms with E-state index in [1.165, 1.54) is 0 Å². The van der Waals surface area contributed by atoms with Gasteiger partial charge in [-0.25, -0.2) is 0 Å².